The number of aryl methyl sites for hydroxylation is 2. The van der Waals surface area contributed by atoms with Crippen LogP contribution >= 0.6 is 22.7 Å². The molecule has 0 N–H and O–H groups in total. The molecular weight excluding hydrogens is 400 g/mol. The molecule has 7 heteroatoms. The summed E-state index contributed by atoms with van der Waals surface area (Å²) in [5.41, 5.74) is 2.42. The van der Waals surface area contributed by atoms with Crippen LogP contribution in [0.1, 0.15) is 47.0 Å². The topological polar surface area (TPSA) is 55.1 Å². The van der Waals surface area contributed by atoms with Crippen LogP contribution in [0.15, 0.2) is 34.7 Å². The summed E-state index contributed by atoms with van der Waals surface area (Å²) < 4.78 is 7.28. The third-order valence-corrected chi connectivity index (χ3v) is 8.11. The van der Waals surface area contributed by atoms with Crippen LogP contribution in [0.2, 0.25) is 0 Å². The molecule has 4 aromatic rings. The summed E-state index contributed by atoms with van der Waals surface area (Å²) in [6.45, 7) is 7.10. The van der Waals surface area contributed by atoms with Gasteiger partial charge in [0.05, 0.1) is 26.6 Å². The highest BCUT2D eigenvalue weighted by molar-refractivity contribution is 7.18. The van der Waals surface area contributed by atoms with E-state index in [1.165, 1.54) is 33.0 Å². The molecule has 0 bridgehead atoms. The Bertz CT molecular complexity index is 1100. The van der Waals surface area contributed by atoms with Gasteiger partial charge in [0, 0.05) is 17.3 Å². The highest BCUT2D eigenvalue weighted by atomic mass is 32.1. The largest absolute Gasteiger partial charge is 0.419 e. The summed E-state index contributed by atoms with van der Waals surface area (Å²) >= 11 is 3.59. The molecule has 0 radical (unpaired) electrons. The van der Waals surface area contributed by atoms with E-state index in [0.717, 1.165) is 29.9 Å². The zero-order chi connectivity index (χ0) is 19.8. The molecule has 1 saturated heterocycles. The molecular formula is C22H24N4OS2. The molecule has 1 aromatic carbocycles. The van der Waals surface area contributed by atoms with Gasteiger partial charge in [0.2, 0.25) is 5.89 Å². The molecule has 0 amide bonds. The molecule has 4 heterocycles. The summed E-state index contributed by atoms with van der Waals surface area (Å²) in [6, 6.07) is 10.6. The van der Waals surface area contributed by atoms with Gasteiger partial charge in [-0.3, -0.25) is 4.90 Å². The summed E-state index contributed by atoms with van der Waals surface area (Å²) in [5.74, 6) is 1.83. The van der Waals surface area contributed by atoms with Gasteiger partial charge in [-0.05, 0) is 56.5 Å². The van der Waals surface area contributed by atoms with Crippen molar-refractivity contribution in [3.05, 3.63) is 51.7 Å². The molecule has 1 atom stereocenters. The minimum Gasteiger partial charge on any atom is -0.419 e. The van der Waals surface area contributed by atoms with Crippen LogP contribution in [0.25, 0.3) is 21.0 Å². The fourth-order valence-electron chi connectivity index (χ4n) is 4.05. The second-order valence-electron chi connectivity index (χ2n) is 7.67. The maximum atomic E-state index is 6.01. The molecule has 3 aromatic heterocycles. The summed E-state index contributed by atoms with van der Waals surface area (Å²) in [4.78, 5) is 9.76. The van der Waals surface area contributed by atoms with Crippen LogP contribution in [-0.4, -0.2) is 33.2 Å². The van der Waals surface area contributed by atoms with E-state index in [2.05, 4.69) is 59.3 Å². The van der Waals surface area contributed by atoms with E-state index in [4.69, 9.17) is 9.40 Å². The zero-order valence-corrected chi connectivity index (χ0v) is 18.4. The predicted octanol–water partition coefficient (Wildman–Crippen LogP) is 5.66. The van der Waals surface area contributed by atoms with E-state index in [1.54, 1.807) is 11.3 Å². The van der Waals surface area contributed by atoms with Gasteiger partial charge in [0.1, 0.15) is 0 Å². The number of likely N-dealkylation sites (tertiary alicyclic amines) is 1. The summed E-state index contributed by atoms with van der Waals surface area (Å²) in [5, 5.41) is 9.88. The van der Waals surface area contributed by atoms with Crippen LogP contribution < -0.4 is 0 Å². The van der Waals surface area contributed by atoms with Crippen molar-refractivity contribution in [3.63, 3.8) is 0 Å². The number of hydrogen-bond donors (Lipinski definition) is 0. The molecule has 0 saturated carbocycles. The van der Waals surface area contributed by atoms with Gasteiger partial charge < -0.3 is 4.42 Å². The van der Waals surface area contributed by atoms with Gasteiger partial charge in [-0.2, -0.15) is 0 Å². The Morgan fingerprint density at radius 1 is 1.21 bits per heavy atom. The Kier molecular flexibility index (Phi) is 5.20. The predicted molar refractivity (Wildman–Crippen MR) is 119 cm³/mol. The number of aromatic nitrogens is 3. The number of rotatable bonds is 5. The Balaban J connectivity index is 1.28. The second kappa shape index (κ2) is 7.97. The lowest BCUT2D eigenvalue weighted by atomic mass is 9.99. The lowest BCUT2D eigenvalue weighted by molar-refractivity contribution is 0.184. The first-order chi connectivity index (χ1) is 14.2. The Morgan fingerprint density at radius 3 is 2.93 bits per heavy atom. The monoisotopic (exact) mass is 424 g/mol. The maximum Gasteiger partial charge on any atom is 0.257 e. The van der Waals surface area contributed by atoms with Gasteiger partial charge in [-0.25, -0.2) is 4.98 Å². The molecule has 150 valence electrons. The zero-order valence-electron chi connectivity index (χ0n) is 16.7. The van der Waals surface area contributed by atoms with Gasteiger partial charge in [-0.15, -0.1) is 32.9 Å². The number of piperidine rings is 1. The molecule has 0 aliphatic carbocycles. The van der Waals surface area contributed by atoms with Crippen LogP contribution in [0.4, 0.5) is 0 Å². The lowest BCUT2D eigenvalue weighted by Crippen LogP contribution is -2.33. The Morgan fingerprint density at radius 2 is 2.10 bits per heavy atom. The molecule has 0 spiro atoms. The maximum absolute atomic E-state index is 6.01. The van der Waals surface area contributed by atoms with Gasteiger partial charge >= 0.3 is 0 Å². The number of hydrogen-bond acceptors (Lipinski definition) is 7. The first-order valence-electron chi connectivity index (χ1n) is 10.2. The summed E-state index contributed by atoms with van der Waals surface area (Å²) in [6.07, 6.45) is 3.41. The normalized spacial score (nSPS) is 17.9. The number of nitrogens with zero attached hydrogens (tertiary/aromatic N) is 4. The molecule has 29 heavy (non-hydrogen) atoms. The Hall–Kier alpha value is -2.09. The molecule has 5 nitrogen and oxygen atoms in total. The van der Waals surface area contributed by atoms with Crippen molar-refractivity contribution in [3.8, 4) is 10.8 Å². The van der Waals surface area contributed by atoms with E-state index in [1.807, 2.05) is 11.3 Å². The number of benzene rings is 1. The highest BCUT2D eigenvalue weighted by Crippen LogP contribution is 2.34. The van der Waals surface area contributed by atoms with Crippen molar-refractivity contribution in [2.45, 2.75) is 45.6 Å². The van der Waals surface area contributed by atoms with Crippen molar-refractivity contribution >= 4 is 32.9 Å². The second-order valence-corrected chi connectivity index (χ2v) is 9.86. The van der Waals surface area contributed by atoms with Crippen molar-refractivity contribution in [2.75, 3.05) is 13.1 Å². The average molecular weight is 425 g/mol. The van der Waals surface area contributed by atoms with Crippen molar-refractivity contribution in [1.82, 2.24) is 20.1 Å². The van der Waals surface area contributed by atoms with Gasteiger partial charge in [0.25, 0.3) is 5.89 Å². The minimum atomic E-state index is 0.482. The van der Waals surface area contributed by atoms with Crippen LogP contribution in [0.5, 0.6) is 0 Å². The first kappa shape index (κ1) is 18.9. The number of para-hydroxylation sites is 1. The van der Waals surface area contributed by atoms with Crippen molar-refractivity contribution in [1.29, 1.82) is 0 Å². The average Bonchev–Trinajstić information content (AvgIpc) is 3.46. The van der Waals surface area contributed by atoms with E-state index in [9.17, 15) is 0 Å². The molecule has 5 rings (SSSR count). The summed E-state index contributed by atoms with van der Waals surface area (Å²) in [7, 11) is 0. The fourth-order valence-corrected chi connectivity index (χ4v) is 6.18. The lowest BCUT2D eigenvalue weighted by Gasteiger charge is -2.30. The fraction of sp³-hybridized carbons (Fsp3) is 0.409. The van der Waals surface area contributed by atoms with E-state index < -0.39 is 0 Å². The number of thiophene rings is 1. The van der Waals surface area contributed by atoms with Crippen LogP contribution in [-0.2, 0) is 13.0 Å². The van der Waals surface area contributed by atoms with E-state index >= 15 is 0 Å². The molecule has 0 unspecified atom stereocenters. The van der Waals surface area contributed by atoms with Crippen molar-refractivity contribution < 1.29 is 4.42 Å². The third kappa shape index (κ3) is 3.86. The van der Waals surface area contributed by atoms with E-state index in [-0.39, 0.29) is 0 Å². The van der Waals surface area contributed by atoms with Gasteiger partial charge in [-0.1, -0.05) is 19.1 Å². The Labute approximate surface area is 178 Å². The molecule has 1 aliphatic heterocycles. The number of fused-ring (bicyclic) bond motifs is 1. The molecule has 1 aliphatic rings. The molecule has 1 fully saturated rings. The highest BCUT2D eigenvalue weighted by Gasteiger charge is 2.25. The first-order valence-corrected chi connectivity index (χ1v) is 11.8. The van der Waals surface area contributed by atoms with Gasteiger partial charge in [0.15, 0.2) is 0 Å². The smallest absolute Gasteiger partial charge is 0.257 e. The third-order valence-electron chi connectivity index (χ3n) is 5.54. The van der Waals surface area contributed by atoms with E-state index in [0.29, 0.717) is 24.2 Å². The van der Waals surface area contributed by atoms with Crippen LogP contribution in [0.3, 0.4) is 0 Å². The standard InChI is InChI=1S/C22H24N4OS2/c1-3-17-14(2)11-19(28-17)21-25-24-20(27-21)13-26-10-6-7-15(12-26)22-23-16-8-4-5-9-18(16)29-22/h4-5,8-9,11,15H,3,6-7,10,12-13H2,1-2H3/t15-/m0/s1. The van der Waals surface area contributed by atoms with Crippen LogP contribution in [0, 0.1) is 6.92 Å². The quantitative estimate of drug-likeness (QED) is 0.414. The minimum absolute atomic E-state index is 0.482. The number of thiazole rings is 1. The SMILES string of the molecule is CCc1sc(-c2nnc(CN3CCC[C@H](c4nc5ccccc5s4)C3)o2)cc1C. The van der Waals surface area contributed by atoms with Crippen molar-refractivity contribution in [2.24, 2.45) is 0 Å².